The molecule has 0 aliphatic heterocycles. The van der Waals surface area contributed by atoms with Crippen molar-refractivity contribution in [2.24, 2.45) is 0 Å². The van der Waals surface area contributed by atoms with Gasteiger partial charge in [-0.3, -0.25) is 0 Å². The van der Waals surface area contributed by atoms with Gasteiger partial charge in [0.1, 0.15) is 11.6 Å². The Labute approximate surface area is 102 Å². The Hall–Kier alpha value is -1.99. The number of halogens is 2. The lowest BCUT2D eigenvalue weighted by Gasteiger charge is -2.05. The van der Waals surface area contributed by atoms with E-state index < -0.39 is 5.82 Å². The molecule has 0 atom stereocenters. The Morgan fingerprint density at radius 2 is 2.18 bits per heavy atom. The van der Waals surface area contributed by atoms with Crippen LogP contribution in [0.5, 0.6) is 0 Å². The molecule has 86 valence electrons. The second kappa shape index (κ2) is 4.89. The van der Waals surface area contributed by atoms with E-state index in [-0.39, 0.29) is 5.56 Å². The van der Waals surface area contributed by atoms with Crippen LogP contribution in [0.4, 0.5) is 10.1 Å². The zero-order valence-electron chi connectivity index (χ0n) is 8.71. The van der Waals surface area contributed by atoms with Crippen LogP contribution in [-0.4, -0.2) is 0 Å². The summed E-state index contributed by atoms with van der Waals surface area (Å²) in [6.45, 7) is 0.329. The molecule has 0 radical (unpaired) electrons. The third kappa shape index (κ3) is 2.77. The van der Waals surface area contributed by atoms with E-state index in [0.29, 0.717) is 23.2 Å². The highest BCUT2D eigenvalue weighted by atomic mass is 35.5. The van der Waals surface area contributed by atoms with Crippen molar-refractivity contribution >= 4 is 17.3 Å². The molecule has 0 saturated carbocycles. The lowest BCUT2D eigenvalue weighted by molar-refractivity contribution is 0.519. The molecule has 1 aromatic carbocycles. The molecule has 0 saturated heterocycles. The zero-order valence-corrected chi connectivity index (χ0v) is 9.46. The number of nitrogens with one attached hydrogen (secondary N) is 1. The van der Waals surface area contributed by atoms with E-state index in [2.05, 4.69) is 5.32 Å². The molecule has 17 heavy (non-hydrogen) atoms. The first-order valence-electron chi connectivity index (χ1n) is 4.87. The van der Waals surface area contributed by atoms with Crippen LogP contribution in [0.3, 0.4) is 0 Å². The summed E-state index contributed by atoms with van der Waals surface area (Å²) in [4.78, 5) is 0. The van der Waals surface area contributed by atoms with Gasteiger partial charge in [-0.05, 0) is 41.9 Å². The molecule has 0 fully saturated rings. The summed E-state index contributed by atoms with van der Waals surface area (Å²) >= 11 is 5.61. The predicted octanol–water partition coefficient (Wildman–Crippen LogP) is 3.56. The summed E-state index contributed by atoms with van der Waals surface area (Å²) in [5.41, 5.74) is 0.602. The maximum Gasteiger partial charge on any atom is 0.193 e. The van der Waals surface area contributed by atoms with Gasteiger partial charge in [-0.15, -0.1) is 0 Å². The van der Waals surface area contributed by atoms with E-state index in [1.165, 1.54) is 12.1 Å². The lowest BCUT2D eigenvalue weighted by atomic mass is 10.2. The normalized spacial score (nSPS) is 9.94. The van der Waals surface area contributed by atoms with Crippen LogP contribution in [0.1, 0.15) is 11.3 Å². The number of nitrogens with zero attached hydrogens (tertiary/aromatic N) is 1. The predicted molar refractivity (Wildman–Crippen MR) is 62.2 cm³/mol. The highest BCUT2D eigenvalue weighted by Gasteiger charge is 2.04. The van der Waals surface area contributed by atoms with E-state index in [0.717, 1.165) is 0 Å². The summed E-state index contributed by atoms with van der Waals surface area (Å²) in [5.74, 6) is 0.139. The molecule has 5 heteroatoms. The van der Waals surface area contributed by atoms with Gasteiger partial charge in [0.25, 0.3) is 0 Å². The lowest BCUT2D eigenvalue weighted by Crippen LogP contribution is -2.00. The molecule has 0 spiro atoms. The number of rotatable bonds is 3. The molecule has 1 aromatic heterocycles. The van der Waals surface area contributed by atoms with Gasteiger partial charge in [-0.25, -0.2) is 4.39 Å². The molecule has 2 aromatic rings. The van der Waals surface area contributed by atoms with E-state index in [1.54, 1.807) is 18.2 Å². The number of benzene rings is 1. The summed E-state index contributed by atoms with van der Waals surface area (Å²) in [6, 6.07) is 9.42. The van der Waals surface area contributed by atoms with E-state index in [9.17, 15) is 4.39 Å². The second-order valence-electron chi connectivity index (χ2n) is 3.37. The summed E-state index contributed by atoms with van der Waals surface area (Å²) in [6.07, 6.45) is 0. The smallest absolute Gasteiger partial charge is 0.193 e. The molecular formula is C12H8ClFN2O. The maximum atomic E-state index is 13.5. The number of nitriles is 1. The van der Waals surface area contributed by atoms with Crippen molar-refractivity contribution in [2.45, 2.75) is 6.54 Å². The number of furan rings is 1. The number of hydrogen-bond acceptors (Lipinski definition) is 3. The van der Waals surface area contributed by atoms with Crippen LogP contribution in [0.15, 0.2) is 34.7 Å². The van der Waals surface area contributed by atoms with Crippen LogP contribution in [0.2, 0.25) is 5.22 Å². The quantitative estimate of drug-likeness (QED) is 0.906. The van der Waals surface area contributed by atoms with Crippen molar-refractivity contribution in [3.05, 3.63) is 52.7 Å². The van der Waals surface area contributed by atoms with Gasteiger partial charge in [-0.1, -0.05) is 0 Å². The minimum absolute atomic E-state index is 0.286. The Morgan fingerprint density at radius 1 is 1.35 bits per heavy atom. The van der Waals surface area contributed by atoms with Crippen molar-refractivity contribution in [3.8, 4) is 6.07 Å². The van der Waals surface area contributed by atoms with Crippen LogP contribution >= 0.6 is 11.6 Å². The van der Waals surface area contributed by atoms with Crippen molar-refractivity contribution in [3.63, 3.8) is 0 Å². The Kier molecular flexibility index (Phi) is 3.31. The summed E-state index contributed by atoms with van der Waals surface area (Å²) in [5, 5.41) is 11.7. The van der Waals surface area contributed by atoms with Crippen molar-refractivity contribution in [1.29, 1.82) is 5.26 Å². The van der Waals surface area contributed by atoms with Gasteiger partial charge in [0.2, 0.25) is 0 Å². The van der Waals surface area contributed by atoms with E-state index in [4.69, 9.17) is 21.3 Å². The van der Waals surface area contributed by atoms with Crippen molar-refractivity contribution < 1.29 is 8.81 Å². The molecule has 1 heterocycles. The maximum absolute atomic E-state index is 13.5. The van der Waals surface area contributed by atoms with Crippen LogP contribution in [-0.2, 0) is 6.54 Å². The number of hydrogen-bond donors (Lipinski definition) is 1. The molecule has 1 N–H and O–H groups in total. The van der Waals surface area contributed by atoms with Crippen LogP contribution in [0, 0.1) is 17.1 Å². The third-order valence-corrected chi connectivity index (χ3v) is 2.38. The topological polar surface area (TPSA) is 49.0 Å². The van der Waals surface area contributed by atoms with Crippen molar-refractivity contribution in [2.75, 3.05) is 5.32 Å². The summed E-state index contributed by atoms with van der Waals surface area (Å²) in [7, 11) is 0. The van der Waals surface area contributed by atoms with Crippen molar-refractivity contribution in [1.82, 2.24) is 0 Å². The molecule has 2 rings (SSSR count). The third-order valence-electron chi connectivity index (χ3n) is 2.18. The largest absolute Gasteiger partial charge is 0.448 e. The van der Waals surface area contributed by atoms with Gasteiger partial charge in [0, 0.05) is 0 Å². The average Bonchev–Trinajstić information content (AvgIpc) is 2.73. The monoisotopic (exact) mass is 250 g/mol. The fourth-order valence-corrected chi connectivity index (χ4v) is 1.52. The molecule has 0 aliphatic rings. The first-order valence-corrected chi connectivity index (χ1v) is 5.24. The zero-order chi connectivity index (χ0) is 12.3. The fraction of sp³-hybridized carbons (Fsp3) is 0.0833. The Balaban J connectivity index is 2.07. The molecule has 0 unspecified atom stereocenters. The average molecular weight is 251 g/mol. The summed E-state index contributed by atoms with van der Waals surface area (Å²) < 4.78 is 18.6. The second-order valence-corrected chi connectivity index (χ2v) is 3.74. The fourth-order valence-electron chi connectivity index (χ4n) is 1.36. The van der Waals surface area contributed by atoms with E-state index >= 15 is 0 Å². The number of anilines is 1. The molecule has 0 bridgehead atoms. The minimum Gasteiger partial charge on any atom is -0.448 e. The van der Waals surface area contributed by atoms with Gasteiger partial charge >= 0.3 is 0 Å². The highest BCUT2D eigenvalue weighted by molar-refractivity contribution is 6.28. The van der Waals surface area contributed by atoms with Gasteiger partial charge in [-0.2, -0.15) is 5.26 Å². The molecule has 3 nitrogen and oxygen atoms in total. The molecule has 0 amide bonds. The highest BCUT2D eigenvalue weighted by Crippen LogP contribution is 2.18. The van der Waals surface area contributed by atoms with Crippen LogP contribution in [0.25, 0.3) is 0 Å². The SMILES string of the molecule is N#Cc1ccc(NCc2ccc(Cl)o2)c(F)c1. The van der Waals surface area contributed by atoms with E-state index in [1.807, 2.05) is 6.07 Å². The molecular weight excluding hydrogens is 243 g/mol. The first kappa shape index (κ1) is 11.5. The Morgan fingerprint density at radius 3 is 2.76 bits per heavy atom. The standard InChI is InChI=1S/C12H8ClFN2O/c13-12-4-2-9(17-12)7-16-11-3-1-8(6-15)5-10(11)14/h1-5,16H,7H2. The van der Waals surface area contributed by atoms with Crippen LogP contribution < -0.4 is 5.32 Å². The molecule has 0 aliphatic carbocycles. The Bertz CT molecular complexity index is 574. The van der Waals surface area contributed by atoms with Gasteiger partial charge < -0.3 is 9.73 Å². The van der Waals surface area contributed by atoms with Gasteiger partial charge in [0.15, 0.2) is 5.22 Å². The van der Waals surface area contributed by atoms with Gasteiger partial charge in [0.05, 0.1) is 23.9 Å². The first-order chi connectivity index (χ1) is 8.19. The minimum atomic E-state index is -0.471.